The van der Waals surface area contributed by atoms with E-state index in [9.17, 15) is 5.11 Å². The van der Waals surface area contributed by atoms with Gasteiger partial charge in [-0.1, -0.05) is 6.07 Å². The molecule has 1 N–H and O–H groups in total. The van der Waals surface area contributed by atoms with Crippen molar-refractivity contribution in [2.45, 2.75) is 26.0 Å². The van der Waals surface area contributed by atoms with Gasteiger partial charge in [0, 0.05) is 18.0 Å². The monoisotopic (exact) mass is 199 g/mol. The molecule has 0 saturated carbocycles. The molecule has 1 aromatic heterocycles. The van der Waals surface area contributed by atoms with E-state index in [1.54, 1.807) is 11.3 Å². The van der Waals surface area contributed by atoms with Crippen LogP contribution in [-0.4, -0.2) is 29.2 Å². The third-order valence-electron chi connectivity index (χ3n) is 1.66. The Bertz CT molecular complexity index is 238. The molecule has 0 aromatic carbocycles. The summed E-state index contributed by atoms with van der Waals surface area (Å²) >= 11 is 1.75. The number of nitrogens with zero attached hydrogens (tertiary/aromatic N) is 1. The van der Waals surface area contributed by atoms with Crippen molar-refractivity contribution < 1.29 is 5.11 Å². The predicted molar refractivity (Wildman–Crippen MR) is 57.0 cm³/mol. The van der Waals surface area contributed by atoms with E-state index in [0.717, 1.165) is 6.54 Å². The molecule has 0 saturated heterocycles. The Morgan fingerprint density at radius 2 is 2.23 bits per heavy atom. The number of aliphatic hydroxyl groups is 1. The summed E-state index contributed by atoms with van der Waals surface area (Å²) in [5.74, 6) is 0. The highest BCUT2D eigenvalue weighted by molar-refractivity contribution is 7.09. The van der Waals surface area contributed by atoms with Crippen molar-refractivity contribution in [3.8, 4) is 0 Å². The summed E-state index contributed by atoms with van der Waals surface area (Å²) in [6.45, 7) is 5.28. The molecule has 0 spiro atoms. The van der Waals surface area contributed by atoms with E-state index in [-0.39, 0.29) is 0 Å². The standard InChI is InChI=1S/C10H17NOS/c1-10(2,12)8-11(3)7-9-5-4-6-13-9/h4-6,12H,7-8H2,1-3H3. The van der Waals surface area contributed by atoms with Gasteiger partial charge in [0.25, 0.3) is 0 Å². The van der Waals surface area contributed by atoms with Crippen molar-refractivity contribution in [3.05, 3.63) is 22.4 Å². The Labute approximate surface area is 83.8 Å². The van der Waals surface area contributed by atoms with Crippen LogP contribution in [0.1, 0.15) is 18.7 Å². The van der Waals surface area contributed by atoms with Crippen LogP contribution in [0.4, 0.5) is 0 Å². The molecule has 1 rings (SSSR count). The van der Waals surface area contributed by atoms with Crippen LogP contribution in [-0.2, 0) is 6.54 Å². The lowest BCUT2D eigenvalue weighted by Crippen LogP contribution is -2.35. The van der Waals surface area contributed by atoms with E-state index in [0.29, 0.717) is 6.54 Å². The molecule has 0 atom stereocenters. The molecule has 74 valence electrons. The van der Waals surface area contributed by atoms with Crippen molar-refractivity contribution in [3.63, 3.8) is 0 Å². The van der Waals surface area contributed by atoms with Gasteiger partial charge in [0.1, 0.15) is 0 Å². The maximum Gasteiger partial charge on any atom is 0.0718 e. The highest BCUT2D eigenvalue weighted by Gasteiger charge is 2.15. The highest BCUT2D eigenvalue weighted by Crippen LogP contribution is 2.12. The largest absolute Gasteiger partial charge is 0.389 e. The summed E-state index contributed by atoms with van der Waals surface area (Å²) in [5.41, 5.74) is -0.605. The van der Waals surface area contributed by atoms with Gasteiger partial charge in [-0.05, 0) is 32.3 Å². The quantitative estimate of drug-likeness (QED) is 0.801. The second kappa shape index (κ2) is 4.22. The molecule has 0 amide bonds. The van der Waals surface area contributed by atoms with Crippen molar-refractivity contribution in [2.75, 3.05) is 13.6 Å². The van der Waals surface area contributed by atoms with E-state index in [1.807, 2.05) is 20.9 Å². The zero-order chi connectivity index (χ0) is 9.90. The minimum Gasteiger partial charge on any atom is -0.389 e. The number of thiophene rings is 1. The first-order chi connectivity index (χ1) is 5.97. The molecule has 3 heteroatoms. The molecular weight excluding hydrogens is 182 g/mol. The maximum absolute atomic E-state index is 9.58. The molecule has 1 aromatic rings. The van der Waals surface area contributed by atoms with E-state index >= 15 is 0 Å². The summed E-state index contributed by atoms with van der Waals surface area (Å²) in [6.07, 6.45) is 0. The molecule has 0 unspecified atom stereocenters. The van der Waals surface area contributed by atoms with Crippen LogP contribution in [0.2, 0.25) is 0 Å². The molecular formula is C10H17NOS. The molecule has 0 aliphatic carbocycles. The average Bonchev–Trinajstić information content (AvgIpc) is 2.34. The van der Waals surface area contributed by atoms with Crippen LogP contribution in [0.3, 0.4) is 0 Å². The highest BCUT2D eigenvalue weighted by atomic mass is 32.1. The maximum atomic E-state index is 9.58. The van der Waals surface area contributed by atoms with Gasteiger partial charge in [-0.3, -0.25) is 4.90 Å². The third kappa shape index (κ3) is 4.41. The predicted octanol–water partition coefficient (Wildman–Crippen LogP) is 1.95. The Kier molecular flexibility index (Phi) is 3.47. The minimum atomic E-state index is -0.605. The van der Waals surface area contributed by atoms with Gasteiger partial charge in [-0.15, -0.1) is 11.3 Å². The summed E-state index contributed by atoms with van der Waals surface area (Å²) in [5, 5.41) is 11.7. The van der Waals surface area contributed by atoms with Crippen molar-refractivity contribution in [1.82, 2.24) is 4.90 Å². The summed E-state index contributed by atoms with van der Waals surface area (Å²) in [7, 11) is 2.03. The third-order valence-corrected chi connectivity index (χ3v) is 2.52. The Balaban J connectivity index is 2.38. The Hall–Kier alpha value is -0.380. The topological polar surface area (TPSA) is 23.5 Å². The lowest BCUT2D eigenvalue weighted by molar-refractivity contribution is 0.0427. The summed E-state index contributed by atoms with van der Waals surface area (Å²) in [6, 6.07) is 4.17. The van der Waals surface area contributed by atoms with Crippen molar-refractivity contribution >= 4 is 11.3 Å². The SMILES string of the molecule is CN(Cc1cccs1)CC(C)(C)O. The fourth-order valence-corrected chi connectivity index (χ4v) is 2.17. The van der Waals surface area contributed by atoms with Crippen LogP contribution < -0.4 is 0 Å². The van der Waals surface area contributed by atoms with Crippen LogP contribution >= 0.6 is 11.3 Å². The normalized spacial score (nSPS) is 12.4. The molecule has 0 aliphatic rings. The summed E-state index contributed by atoms with van der Waals surface area (Å²) in [4.78, 5) is 3.47. The fraction of sp³-hybridized carbons (Fsp3) is 0.600. The first kappa shape index (κ1) is 10.7. The van der Waals surface area contributed by atoms with Gasteiger partial charge in [0.2, 0.25) is 0 Å². The van der Waals surface area contributed by atoms with Crippen molar-refractivity contribution in [1.29, 1.82) is 0 Å². The Morgan fingerprint density at radius 1 is 1.54 bits per heavy atom. The lowest BCUT2D eigenvalue weighted by Gasteiger charge is -2.24. The minimum absolute atomic E-state index is 0.605. The van der Waals surface area contributed by atoms with Crippen LogP contribution in [0.25, 0.3) is 0 Å². The number of hydrogen-bond donors (Lipinski definition) is 1. The zero-order valence-electron chi connectivity index (χ0n) is 8.45. The van der Waals surface area contributed by atoms with E-state index < -0.39 is 5.60 Å². The van der Waals surface area contributed by atoms with Crippen LogP contribution in [0.5, 0.6) is 0 Å². The van der Waals surface area contributed by atoms with Crippen LogP contribution in [0, 0.1) is 0 Å². The van der Waals surface area contributed by atoms with Crippen molar-refractivity contribution in [2.24, 2.45) is 0 Å². The second-order valence-electron chi connectivity index (χ2n) is 4.06. The van der Waals surface area contributed by atoms with E-state index in [2.05, 4.69) is 22.4 Å². The molecule has 0 radical (unpaired) electrons. The average molecular weight is 199 g/mol. The zero-order valence-corrected chi connectivity index (χ0v) is 9.27. The number of likely N-dealkylation sites (N-methyl/N-ethyl adjacent to an activating group) is 1. The van der Waals surface area contributed by atoms with Gasteiger partial charge in [-0.25, -0.2) is 0 Å². The van der Waals surface area contributed by atoms with Gasteiger partial charge >= 0.3 is 0 Å². The van der Waals surface area contributed by atoms with E-state index in [4.69, 9.17) is 0 Å². The molecule has 13 heavy (non-hydrogen) atoms. The van der Waals surface area contributed by atoms with Crippen LogP contribution in [0.15, 0.2) is 17.5 Å². The lowest BCUT2D eigenvalue weighted by atomic mass is 10.1. The molecule has 1 heterocycles. The molecule has 0 bridgehead atoms. The van der Waals surface area contributed by atoms with Gasteiger partial charge in [0.05, 0.1) is 5.60 Å². The molecule has 0 fully saturated rings. The van der Waals surface area contributed by atoms with Gasteiger partial charge in [0.15, 0.2) is 0 Å². The number of rotatable bonds is 4. The fourth-order valence-electron chi connectivity index (χ4n) is 1.39. The van der Waals surface area contributed by atoms with Gasteiger partial charge < -0.3 is 5.11 Å². The second-order valence-corrected chi connectivity index (χ2v) is 5.10. The van der Waals surface area contributed by atoms with E-state index in [1.165, 1.54) is 4.88 Å². The Morgan fingerprint density at radius 3 is 2.69 bits per heavy atom. The number of hydrogen-bond acceptors (Lipinski definition) is 3. The smallest absolute Gasteiger partial charge is 0.0718 e. The van der Waals surface area contributed by atoms with Gasteiger partial charge in [-0.2, -0.15) is 0 Å². The molecule has 2 nitrogen and oxygen atoms in total. The first-order valence-electron chi connectivity index (χ1n) is 4.41. The molecule has 0 aliphatic heterocycles. The summed E-state index contributed by atoms with van der Waals surface area (Å²) < 4.78 is 0. The first-order valence-corrected chi connectivity index (χ1v) is 5.29.